The standard InChI is InChI=1S/C11H12Cl2N2O/c1-6-4-8(13)10(5-7(6)12)15-3-2-9(14)11(15)16/h4-5,9H,2-3,14H2,1H3. The van der Waals surface area contributed by atoms with Crippen molar-refractivity contribution in [2.45, 2.75) is 19.4 Å². The number of anilines is 1. The van der Waals surface area contributed by atoms with Gasteiger partial charge in [0.1, 0.15) is 0 Å². The molecule has 1 heterocycles. The molecule has 3 nitrogen and oxygen atoms in total. The van der Waals surface area contributed by atoms with Crippen molar-refractivity contribution in [3.05, 3.63) is 27.7 Å². The first kappa shape index (κ1) is 11.7. The number of rotatable bonds is 1. The number of carbonyl (C=O) groups is 1. The van der Waals surface area contributed by atoms with Gasteiger partial charge in [-0.1, -0.05) is 23.2 Å². The minimum absolute atomic E-state index is 0.0955. The summed E-state index contributed by atoms with van der Waals surface area (Å²) in [5, 5.41) is 1.14. The van der Waals surface area contributed by atoms with Crippen molar-refractivity contribution in [1.82, 2.24) is 0 Å². The number of halogens is 2. The molecule has 1 aliphatic heterocycles. The van der Waals surface area contributed by atoms with E-state index in [9.17, 15) is 4.79 Å². The van der Waals surface area contributed by atoms with E-state index < -0.39 is 6.04 Å². The first-order chi connectivity index (χ1) is 7.50. The van der Waals surface area contributed by atoms with E-state index in [1.807, 2.05) is 6.92 Å². The minimum Gasteiger partial charge on any atom is -0.320 e. The van der Waals surface area contributed by atoms with Crippen LogP contribution in [0.1, 0.15) is 12.0 Å². The monoisotopic (exact) mass is 258 g/mol. The quantitative estimate of drug-likeness (QED) is 0.841. The Morgan fingerprint density at radius 1 is 1.38 bits per heavy atom. The Kier molecular flexibility index (Phi) is 3.10. The maximum Gasteiger partial charge on any atom is 0.244 e. The normalized spacial score (nSPS) is 20.6. The molecule has 0 radical (unpaired) electrons. The fourth-order valence-corrected chi connectivity index (χ4v) is 2.26. The Morgan fingerprint density at radius 3 is 2.62 bits per heavy atom. The van der Waals surface area contributed by atoms with Gasteiger partial charge >= 0.3 is 0 Å². The highest BCUT2D eigenvalue weighted by Gasteiger charge is 2.30. The average Bonchev–Trinajstić information content (AvgIpc) is 2.54. The molecule has 0 aliphatic carbocycles. The summed E-state index contributed by atoms with van der Waals surface area (Å²) >= 11 is 12.1. The van der Waals surface area contributed by atoms with Crippen molar-refractivity contribution in [2.75, 3.05) is 11.4 Å². The molecule has 1 saturated heterocycles. The molecule has 1 unspecified atom stereocenters. The van der Waals surface area contributed by atoms with Gasteiger partial charge < -0.3 is 10.6 Å². The highest BCUT2D eigenvalue weighted by Crippen LogP contribution is 2.33. The second-order valence-corrected chi connectivity index (χ2v) is 4.75. The number of aryl methyl sites for hydroxylation is 1. The maximum atomic E-state index is 11.8. The largest absolute Gasteiger partial charge is 0.320 e. The molecule has 1 aromatic carbocycles. The van der Waals surface area contributed by atoms with Crippen LogP contribution in [-0.2, 0) is 4.79 Å². The third-order valence-electron chi connectivity index (χ3n) is 2.77. The fourth-order valence-electron chi connectivity index (χ4n) is 1.78. The van der Waals surface area contributed by atoms with Crippen molar-refractivity contribution < 1.29 is 4.79 Å². The van der Waals surface area contributed by atoms with Gasteiger partial charge in [-0.05, 0) is 31.0 Å². The molecule has 16 heavy (non-hydrogen) atoms. The topological polar surface area (TPSA) is 46.3 Å². The van der Waals surface area contributed by atoms with Crippen molar-refractivity contribution in [3.8, 4) is 0 Å². The van der Waals surface area contributed by atoms with Gasteiger partial charge in [-0.2, -0.15) is 0 Å². The first-order valence-corrected chi connectivity index (χ1v) is 5.79. The molecule has 1 fully saturated rings. The van der Waals surface area contributed by atoms with Crippen LogP contribution in [-0.4, -0.2) is 18.5 Å². The lowest BCUT2D eigenvalue weighted by atomic mass is 10.2. The van der Waals surface area contributed by atoms with E-state index in [-0.39, 0.29) is 5.91 Å². The first-order valence-electron chi connectivity index (χ1n) is 5.03. The summed E-state index contributed by atoms with van der Waals surface area (Å²) in [6.07, 6.45) is 0.653. The molecule has 0 spiro atoms. The van der Waals surface area contributed by atoms with Crippen molar-refractivity contribution in [2.24, 2.45) is 5.73 Å². The SMILES string of the molecule is Cc1cc(Cl)c(N2CCC(N)C2=O)cc1Cl. The molecule has 5 heteroatoms. The van der Waals surface area contributed by atoms with E-state index >= 15 is 0 Å². The van der Waals surface area contributed by atoms with Gasteiger partial charge in [0.05, 0.1) is 16.8 Å². The summed E-state index contributed by atoms with van der Waals surface area (Å²) in [6.45, 7) is 2.47. The molecule has 0 saturated carbocycles. The van der Waals surface area contributed by atoms with Gasteiger partial charge in [0.25, 0.3) is 0 Å². The van der Waals surface area contributed by atoms with E-state index in [0.29, 0.717) is 28.7 Å². The van der Waals surface area contributed by atoms with E-state index in [1.54, 1.807) is 17.0 Å². The zero-order chi connectivity index (χ0) is 11.9. The number of carbonyl (C=O) groups excluding carboxylic acids is 1. The van der Waals surface area contributed by atoms with Crippen LogP contribution in [0.5, 0.6) is 0 Å². The molecular weight excluding hydrogens is 247 g/mol. The zero-order valence-corrected chi connectivity index (χ0v) is 10.3. The smallest absolute Gasteiger partial charge is 0.244 e. The third-order valence-corrected chi connectivity index (χ3v) is 3.48. The van der Waals surface area contributed by atoms with Gasteiger partial charge in [0.15, 0.2) is 0 Å². The Morgan fingerprint density at radius 2 is 2.06 bits per heavy atom. The summed E-state index contributed by atoms with van der Waals surface area (Å²) in [6, 6.07) is 3.06. The van der Waals surface area contributed by atoms with Crippen molar-refractivity contribution in [3.63, 3.8) is 0 Å². The molecule has 86 valence electrons. The van der Waals surface area contributed by atoms with Crippen LogP contribution >= 0.6 is 23.2 Å². The molecule has 1 atom stereocenters. The summed E-state index contributed by atoms with van der Waals surface area (Å²) in [5.74, 6) is -0.0955. The van der Waals surface area contributed by atoms with Crippen molar-refractivity contribution >= 4 is 34.8 Å². The van der Waals surface area contributed by atoms with Gasteiger partial charge in [0.2, 0.25) is 5.91 Å². The minimum atomic E-state index is -0.420. The second-order valence-electron chi connectivity index (χ2n) is 3.94. The molecular formula is C11H12Cl2N2O. The van der Waals surface area contributed by atoms with Crippen LogP contribution in [0, 0.1) is 6.92 Å². The van der Waals surface area contributed by atoms with Crippen LogP contribution in [0.25, 0.3) is 0 Å². The number of nitrogens with zero attached hydrogens (tertiary/aromatic N) is 1. The lowest BCUT2D eigenvalue weighted by Gasteiger charge is -2.18. The molecule has 1 amide bonds. The summed E-state index contributed by atoms with van der Waals surface area (Å²) in [7, 11) is 0. The summed E-state index contributed by atoms with van der Waals surface area (Å²) in [4.78, 5) is 13.3. The Labute approximate surface area is 104 Å². The number of nitrogens with two attached hydrogens (primary N) is 1. The highest BCUT2D eigenvalue weighted by molar-refractivity contribution is 6.36. The second kappa shape index (κ2) is 4.24. The average molecular weight is 259 g/mol. The summed E-state index contributed by atoms with van der Waals surface area (Å²) < 4.78 is 0. The Hall–Kier alpha value is -0.770. The van der Waals surface area contributed by atoms with Crippen LogP contribution < -0.4 is 10.6 Å². The van der Waals surface area contributed by atoms with Gasteiger partial charge in [-0.25, -0.2) is 0 Å². The molecule has 2 rings (SSSR count). The van der Waals surface area contributed by atoms with Gasteiger partial charge in [-0.15, -0.1) is 0 Å². The van der Waals surface area contributed by atoms with Crippen LogP contribution in [0.4, 0.5) is 5.69 Å². The van der Waals surface area contributed by atoms with Crippen LogP contribution in [0.3, 0.4) is 0 Å². The Bertz CT molecular complexity index is 448. The number of hydrogen-bond acceptors (Lipinski definition) is 2. The molecule has 0 bridgehead atoms. The van der Waals surface area contributed by atoms with Crippen LogP contribution in [0.2, 0.25) is 10.0 Å². The van der Waals surface area contributed by atoms with Crippen molar-refractivity contribution in [1.29, 1.82) is 0 Å². The fraction of sp³-hybridized carbons (Fsp3) is 0.364. The van der Waals surface area contributed by atoms with E-state index in [0.717, 1.165) is 5.56 Å². The molecule has 2 N–H and O–H groups in total. The van der Waals surface area contributed by atoms with E-state index in [4.69, 9.17) is 28.9 Å². The summed E-state index contributed by atoms with van der Waals surface area (Å²) in [5.41, 5.74) is 7.20. The zero-order valence-electron chi connectivity index (χ0n) is 8.84. The molecule has 1 aliphatic rings. The number of amides is 1. The van der Waals surface area contributed by atoms with E-state index in [2.05, 4.69) is 0 Å². The van der Waals surface area contributed by atoms with Gasteiger partial charge in [0, 0.05) is 11.6 Å². The van der Waals surface area contributed by atoms with E-state index in [1.165, 1.54) is 0 Å². The van der Waals surface area contributed by atoms with Crippen LogP contribution in [0.15, 0.2) is 12.1 Å². The van der Waals surface area contributed by atoms with Gasteiger partial charge in [-0.3, -0.25) is 4.79 Å². The maximum absolute atomic E-state index is 11.8. The Balaban J connectivity index is 2.41. The lowest BCUT2D eigenvalue weighted by molar-refractivity contribution is -0.118. The number of hydrogen-bond donors (Lipinski definition) is 1. The third kappa shape index (κ3) is 1.90. The highest BCUT2D eigenvalue weighted by atomic mass is 35.5. The molecule has 1 aromatic rings. The predicted molar refractivity (Wildman–Crippen MR) is 66.1 cm³/mol. The predicted octanol–water partition coefficient (Wildman–Crippen LogP) is 2.37. The number of benzene rings is 1. The molecule has 0 aromatic heterocycles. The lowest BCUT2D eigenvalue weighted by Crippen LogP contribution is -2.34.